The average molecular weight is 385 g/mol. The minimum absolute atomic E-state index is 0.102. The van der Waals surface area contributed by atoms with Crippen molar-refractivity contribution in [3.8, 4) is 0 Å². The van der Waals surface area contributed by atoms with Crippen LogP contribution in [0.4, 0.5) is 4.39 Å². The summed E-state index contributed by atoms with van der Waals surface area (Å²) >= 11 is 0. The molecule has 28 heavy (non-hydrogen) atoms. The normalized spacial score (nSPS) is 39.1. The van der Waals surface area contributed by atoms with Crippen LogP contribution >= 0.6 is 0 Å². The molecule has 1 N–H and O–H groups in total. The number of likely N-dealkylation sites (tertiary alicyclic amines) is 1. The summed E-state index contributed by atoms with van der Waals surface area (Å²) in [6.07, 6.45) is 4.00. The number of ketones is 1. The summed E-state index contributed by atoms with van der Waals surface area (Å²) in [7, 11) is 0. The van der Waals surface area contributed by atoms with E-state index in [-0.39, 0.29) is 23.1 Å². The number of hydrogen-bond donors (Lipinski definition) is 1. The summed E-state index contributed by atoms with van der Waals surface area (Å²) in [5.41, 5.74) is 0.816. The summed E-state index contributed by atoms with van der Waals surface area (Å²) in [4.78, 5) is 27.0. The van der Waals surface area contributed by atoms with Gasteiger partial charge < -0.3 is 10.0 Å². The Morgan fingerprint density at radius 2 is 1.61 bits per heavy atom. The number of hydrogen-bond acceptors (Lipinski definition) is 3. The molecule has 5 fully saturated rings. The second kappa shape index (κ2) is 6.38. The zero-order chi connectivity index (χ0) is 19.6. The number of Topliss-reactive ketones (excluding diaryl/α,β-unsaturated/α-hetero) is 1. The fourth-order valence-corrected chi connectivity index (χ4v) is 7.30. The Morgan fingerprint density at radius 3 is 2.07 bits per heavy atom. The van der Waals surface area contributed by atoms with Crippen molar-refractivity contribution in [1.29, 1.82) is 0 Å². The van der Waals surface area contributed by atoms with E-state index in [1.54, 1.807) is 11.8 Å². The van der Waals surface area contributed by atoms with E-state index in [1.807, 2.05) is 12.1 Å². The molecule has 0 unspecified atom stereocenters. The Bertz CT molecular complexity index is 769. The third kappa shape index (κ3) is 2.58. The van der Waals surface area contributed by atoms with E-state index in [0.29, 0.717) is 49.0 Å². The highest BCUT2D eigenvalue weighted by atomic mass is 19.1. The minimum Gasteiger partial charge on any atom is -0.389 e. The van der Waals surface area contributed by atoms with Crippen molar-refractivity contribution in [3.63, 3.8) is 0 Å². The molecule has 0 radical (unpaired) electrons. The van der Waals surface area contributed by atoms with Crippen LogP contribution in [0.1, 0.15) is 44.6 Å². The number of benzene rings is 1. The number of aliphatic hydroxyl groups is 1. The van der Waals surface area contributed by atoms with Crippen molar-refractivity contribution in [2.75, 3.05) is 13.1 Å². The second-order valence-corrected chi connectivity index (χ2v) is 9.67. The molecule has 0 spiro atoms. The number of β-amino-alcohol motifs (C(OH)–C–C–N with tert-alkyl or cyclic N) is 1. The summed E-state index contributed by atoms with van der Waals surface area (Å²) in [5, 5.41) is 9.60. The van der Waals surface area contributed by atoms with Gasteiger partial charge in [-0.2, -0.15) is 0 Å². The van der Waals surface area contributed by atoms with Gasteiger partial charge in [0.15, 0.2) is 0 Å². The molecule has 1 heterocycles. The smallest absolute Gasteiger partial charge is 0.223 e. The monoisotopic (exact) mass is 385 g/mol. The predicted molar refractivity (Wildman–Crippen MR) is 102 cm³/mol. The van der Waals surface area contributed by atoms with Crippen molar-refractivity contribution < 1.29 is 19.1 Å². The first-order chi connectivity index (χ1) is 13.4. The molecule has 1 saturated heterocycles. The zero-order valence-electron chi connectivity index (χ0n) is 16.3. The first kappa shape index (κ1) is 18.3. The fraction of sp³-hybridized carbons (Fsp3) is 0.652. The molecule has 5 aliphatic rings. The zero-order valence-corrected chi connectivity index (χ0v) is 16.3. The Labute approximate surface area is 165 Å². The minimum atomic E-state index is -0.402. The number of rotatable bonds is 4. The van der Waals surface area contributed by atoms with Gasteiger partial charge >= 0.3 is 0 Å². The molecule has 150 valence electrons. The van der Waals surface area contributed by atoms with E-state index in [1.165, 1.54) is 12.1 Å². The van der Waals surface area contributed by atoms with Gasteiger partial charge in [-0.3, -0.25) is 9.59 Å². The largest absolute Gasteiger partial charge is 0.389 e. The van der Waals surface area contributed by atoms with E-state index >= 15 is 0 Å². The van der Waals surface area contributed by atoms with E-state index < -0.39 is 6.10 Å². The van der Waals surface area contributed by atoms with E-state index in [2.05, 4.69) is 0 Å². The Balaban J connectivity index is 1.50. The van der Waals surface area contributed by atoms with Gasteiger partial charge in [-0.1, -0.05) is 12.1 Å². The Morgan fingerprint density at radius 1 is 1.07 bits per heavy atom. The molecular formula is C23H28FNO3. The molecule has 4 saturated carbocycles. The quantitative estimate of drug-likeness (QED) is 0.867. The fourth-order valence-electron chi connectivity index (χ4n) is 7.30. The Hall–Kier alpha value is -1.75. The van der Waals surface area contributed by atoms with E-state index in [0.717, 1.165) is 31.2 Å². The summed E-state index contributed by atoms with van der Waals surface area (Å²) in [5.74, 6) is 1.98. The highest BCUT2D eigenvalue weighted by Crippen LogP contribution is 2.66. The molecule has 0 aromatic heterocycles. The SMILES string of the molecule is CC(=O)C1C2CC3CC1CC(C2)C3(CC(=O)N1CC(O)C1)c1ccc(F)cc1. The number of nitrogens with zero attached hydrogens (tertiary/aromatic N) is 1. The highest BCUT2D eigenvalue weighted by molar-refractivity contribution is 5.80. The predicted octanol–water partition coefficient (Wildman–Crippen LogP) is 2.93. The third-order valence-electron chi connectivity index (χ3n) is 8.33. The van der Waals surface area contributed by atoms with Crippen molar-refractivity contribution in [2.24, 2.45) is 29.6 Å². The molecule has 1 aliphatic heterocycles. The maximum Gasteiger partial charge on any atom is 0.223 e. The molecule has 4 aliphatic carbocycles. The molecular weight excluding hydrogens is 357 g/mol. The maximum atomic E-state index is 13.6. The summed E-state index contributed by atoms with van der Waals surface area (Å²) in [6, 6.07) is 6.77. The lowest BCUT2D eigenvalue weighted by atomic mass is 9.40. The topological polar surface area (TPSA) is 57.6 Å². The van der Waals surface area contributed by atoms with Gasteiger partial charge in [-0.15, -0.1) is 0 Å². The second-order valence-electron chi connectivity index (χ2n) is 9.67. The number of halogens is 1. The van der Waals surface area contributed by atoms with Crippen molar-refractivity contribution in [1.82, 2.24) is 4.90 Å². The number of carbonyl (C=O) groups is 2. The molecule has 0 atom stereocenters. The van der Waals surface area contributed by atoms with Crippen molar-refractivity contribution in [3.05, 3.63) is 35.6 Å². The van der Waals surface area contributed by atoms with Crippen molar-refractivity contribution >= 4 is 11.7 Å². The molecule has 4 bridgehead atoms. The molecule has 4 nitrogen and oxygen atoms in total. The third-order valence-corrected chi connectivity index (χ3v) is 8.33. The average Bonchev–Trinajstić information content (AvgIpc) is 2.61. The van der Waals surface area contributed by atoms with E-state index in [4.69, 9.17) is 0 Å². The lowest BCUT2D eigenvalue weighted by Crippen LogP contribution is -2.62. The lowest BCUT2D eigenvalue weighted by Gasteiger charge is -2.64. The van der Waals surface area contributed by atoms with Gasteiger partial charge in [-0.25, -0.2) is 4.39 Å². The summed E-state index contributed by atoms with van der Waals surface area (Å²) in [6.45, 7) is 2.58. The highest BCUT2D eigenvalue weighted by Gasteiger charge is 2.62. The van der Waals surface area contributed by atoms with Crippen LogP contribution in [0.2, 0.25) is 0 Å². The first-order valence-electron chi connectivity index (χ1n) is 10.6. The van der Waals surface area contributed by atoms with E-state index in [9.17, 15) is 19.1 Å². The van der Waals surface area contributed by atoms with Crippen LogP contribution in [-0.2, 0) is 15.0 Å². The number of amides is 1. The number of carbonyl (C=O) groups excluding carboxylic acids is 2. The van der Waals surface area contributed by atoms with Gasteiger partial charge in [0.1, 0.15) is 11.6 Å². The standard InChI is InChI=1S/C23H28FNO3/c1-13(26)22-14-6-17-8-15(22)9-18(7-14)23(17,16-2-4-19(24)5-3-16)10-21(28)25-11-20(27)12-25/h2-5,14-15,17-18,20,22,27H,6-12H2,1H3. The van der Waals surface area contributed by atoms with Crippen LogP contribution < -0.4 is 0 Å². The van der Waals surface area contributed by atoms with Crippen LogP contribution in [0.3, 0.4) is 0 Å². The Kier molecular flexibility index (Phi) is 4.17. The van der Waals surface area contributed by atoms with Crippen LogP contribution in [-0.4, -0.2) is 40.9 Å². The molecule has 1 aromatic carbocycles. The lowest BCUT2D eigenvalue weighted by molar-refractivity contribution is -0.156. The first-order valence-corrected chi connectivity index (χ1v) is 10.6. The van der Waals surface area contributed by atoms with Gasteiger partial charge in [0.25, 0.3) is 0 Å². The molecule has 1 aromatic rings. The van der Waals surface area contributed by atoms with Crippen molar-refractivity contribution in [2.45, 2.75) is 50.5 Å². The molecule has 1 amide bonds. The van der Waals surface area contributed by atoms with Gasteiger partial charge in [-0.05, 0) is 74.0 Å². The van der Waals surface area contributed by atoms with Gasteiger partial charge in [0.05, 0.1) is 6.10 Å². The summed E-state index contributed by atoms with van der Waals surface area (Å²) < 4.78 is 13.6. The maximum absolute atomic E-state index is 13.6. The van der Waals surface area contributed by atoms with Crippen LogP contribution in [0, 0.1) is 35.4 Å². The van der Waals surface area contributed by atoms with Crippen LogP contribution in [0.15, 0.2) is 24.3 Å². The van der Waals surface area contributed by atoms with Gasteiger partial charge in [0.2, 0.25) is 5.91 Å². The number of aliphatic hydroxyl groups excluding tert-OH is 1. The molecule has 6 rings (SSSR count). The van der Waals surface area contributed by atoms with Crippen LogP contribution in [0.5, 0.6) is 0 Å². The molecule has 5 heteroatoms. The van der Waals surface area contributed by atoms with Gasteiger partial charge in [0, 0.05) is 30.8 Å². The van der Waals surface area contributed by atoms with Crippen LogP contribution in [0.25, 0.3) is 0 Å².